The number of carbonyl (C=O) groups excluding carboxylic acids is 1. The van der Waals surface area contributed by atoms with E-state index in [0.717, 1.165) is 0 Å². The lowest BCUT2D eigenvalue weighted by molar-refractivity contribution is -0.116. The van der Waals surface area contributed by atoms with Gasteiger partial charge in [0.25, 0.3) is 0 Å². The summed E-state index contributed by atoms with van der Waals surface area (Å²) in [4.78, 5) is 15.8. The van der Waals surface area contributed by atoms with Crippen LogP contribution in [0.3, 0.4) is 0 Å². The van der Waals surface area contributed by atoms with E-state index in [9.17, 15) is 13.2 Å². The first-order valence-electron chi connectivity index (χ1n) is 5.90. The molecule has 1 amide bonds. The van der Waals surface area contributed by atoms with Gasteiger partial charge >= 0.3 is 0 Å². The molecule has 2 N–H and O–H groups in total. The van der Waals surface area contributed by atoms with Crippen molar-refractivity contribution in [2.75, 3.05) is 23.4 Å². The van der Waals surface area contributed by atoms with Crippen molar-refractivity contribution in [3.05, 3.63) is 21.9 Å². The molecule has 1 aliphatic heterocycles. The Bertz CT molecular complexity index is 623. The minimum atomic E-state index is -3.04. The van der Waals surface area contributed by atoms with Gasteiger partial charge in [0.2, 0.25) is 5.91 Å². The van der Waals surface area contributed by atoms with Gasteiger partial charge in [-0.3, -0.25) is 4.79 Å². The zero-order valence-electron chi connectivity index (χ0n) is 10.4. The third kappa shape index (κ3) is 4.41. The van der Waals surface area contributed by atoms with Crippen molar-refractivity contribution < 1.29 is 13.2 Å². The number of halogens is 2. The largest absolute Gasteiger partial charge is 0.325 e. The fourth-order valence-electron chi connectivity index (χ4n) is 1.92. The fraction of sp³-hybridized carbons (Fsp3) is 0.455. The first-order valence-corrected chi connectivity index (χ1v) is 8.90. The monoisotopic (exact) mass is 381 g/mol. The Hall–Kier alpha value is -0.700. The Morgan fingerprint density at radius 1 is 1.60 bits per heavy atom. The first-order chi connectivity index (χ1) is 9.35. The second-order valence-electron chi connectivity index (χ2n) is 4.51. The van der Waals surface area contributed by atoms with E-state index in [2.05, 4.69) is 31.5 Å². The number of anilines is 1. The summed E-state index contributed by atoms with van der Waals surface area (Å²) in [6, 6.07) is 1.29. The number of hydrogen-bond donors (Lipinski definition) is 2. The number of pyridine rings is 1. The Labute approximate surface area is 130 Å². The Kier molecular flexibility index (Phi) is 5.00. The van der Waals surface area contributed by atoms with Gasteiger partial charge in [0.1, 0.15) is 5.15 Å². The van der Waals surface area contributed by atoms with Crippen molar-refractivity contribution in [1.29, 1.82) is 0 Å². The molecule has 1 atom stereocenters. The van der Waals surface area contributed by atoms with E-state index in [1.54, 1.807) is 6.07 Å². The number of amides is 1. The Morgan fingerprint density at radius 2 is 2.35 bits per heavy atom. The molecule has 0 saturated carbocycles. The van der Waals surface area contributed by atoms with Crippen molar-refractivity contribution >= 4 is 49.0 Å². The van der Waals surface area contributed by atoms with Crippen LogP contribution in [0.4, 0.5) is 5.69 Å². The molecule has 1 aromatic rings. The molecule has 1 aliphatic rings. The van der Waals surface area contributed by atoms with E-state index < -0.39 is 9.84 Å². The average Bonchev–Trinajstić information content (AvgIpc) is 2.32. The van der Waals surface area contributed by atoms with Gasteiger partial charge in [0.15, 0.2) is 9.84 Å². The second-order valence-corrected chi connectivity index (χ2v) is 7.96. The Morgan fingerprint density at radius 3 is 3.00 bits per heavy atom. The van der Waals surface area contributed by atoms with Crippen LogP contribution in [-0.2, 0) is 14.6 Å². The van der Waals surface area contributed by atoms with Gasteiger partial charge in [-0.2, -0.15) is 0 Å². The zero-order valence-corrected chi connectivity index (χ0v) is 13.6. The van der Waals surface area contributed by atoms with Crippen LogP contribution < -0.4 is 10.6 Å². The van der Waals surface area contributed by atoms with Crippen LogP contribution >= 0.6 is 27.5 Å². The van der Waals surface area contributed by atoms with Crippen molar-refractivity contribution in [3.8, 4) is 0 Å². The minimum absolute atomic E-state index is 0.0109. The molecule has 0 radical (unpaired) electrons. The molecule has 110 valence electrons. The SMILES string of the molecule is O=C(CC1CS(=O)(=O)CCN1)Nc1cnc(Cl)c(Br)c1. The summed E-state index contributed by atoms with van der Waals surface area (Å²) in [6.07, 6.45) is 1.54. The summed E-state index contributed by atoms with van der Waals surface area (Å²) in [6.45, 7) is 0.383. The van der Waals surface area contributed by atoms with Crippen molar-refractivity contribution in [1.82, 2.24) is 10.3 Å². The van der Waals surface area contributed by atoms with Gasteiger partial charge in [-0.25, -0.2) is 13.4 Å². The predicted octanol–water partition coefficient (Wildman–Crippen LogP) is 1.21. The van der Waals surface area contributed by atoms with Gasteiger partial charge < -0.3 is 10.6 Å². The van der Waals surface area contributed by atoms with Crippen LogP contribution in [0, 0.1) is 0 Å². The van der Waals surface area contributed by atoms with Gasteiger partial charge in [0, 0.05) is 19.0 Å². The van der Waals surface area contributed by atoms with Crippen LogP contribution in [0.5, 0.6) is 0 Å². The quantitative estimate of drug-likeness (QED) is 0.767. The third-order valence-electron chi connectivity index (χ3n) is 2.81. The molecule has 20 heavy (non-hydrogen) atoms. The number of nitrogens with one attached hydrogen (secondary N) is 2. The highest BCUT2D eigenvalue weighted by Gasteiger charge is 2.25. The topological polar surface area (TPSA) is 88.2 Å². The summed E-state index contributed by atoms with van der Waals surface area (Å²) in [5, 5.41) is 5.99. The minimum Gasteiger partial charge on any atom is -0.325 e. The lowest BCUT2D eigenvalue weighted by Crippen LogP contribution is -2.46. The van der Waals surface area contributed by atoms with Crippen LogP contribution in [0.1, 0.15) is 6.42 Å². The van der Waals surface area contributed by atoms with Crippen LogP contribution in [0.2, 0.25) is 5.15 Å². The van der Waals surface area contributed by atoms with Gasteiger partial charge in [-0.05, 0) is 22.0 Å². The smallest absolute Gasteiger partial charge is 0.226 e. The summed E-state index contributed by atoms with van der Waals surface area (Å²) >= 11 is 8.97. The van der Waals surface area contributed by atoms with E-state index in [0.29, 0.717) is 21.9 Å². The molecule has 0 aromatic carbocycles. The van der Waals surface area contributed by atoms with Crippen LogP contribution in [-0.4, -0.2) is 43.4 Å². The number of aromatic nitrogens is 1. The number of nitrogens with zero attached hydrogens (tertiary/aromatic N) is 1. The van der Waals surface area contributed by atoms with E-state index in [1.807, 2.05) is 0 Å². The maximum absolute atomic E-state index is 11.9. The molecular weight excluding hydrogens is 370 g/mol. The number of hydrogen-bond acceptors (Lipinski definition) is 5. The number of rotatable bonds is 3. The highest BCUT2D eigenvalue weighted by molar-refractivity contribution is 9.10. The number of carbonyl (C=O) groups is 1. The van der Waals surface area contributed by atoms with Crippen LogP contribution in [0.25, 0.3) is 0 Å². The molecule has 1 unspecified atom stereocenters. The van der Waals surface area contributed by atoms with Crippen molar-refractivity contribution in [3.63, 3.8) is 0 Å². The molecular formula is C11H13BrClN3O3S. The molecule has 1 fully saturated rings. The molecule has 0 aliphatic carbocycles. The maximum Gasteiger partial charge on any atom is 0.226 e. The summed E-state index contributed by atoms with van der Waals surface area (Å²) < 4.78 is 23.5. The van der Waals surface area contributed by atoms with E-state index in [1.165, 1.54) is 6.20 Å². The molecule has 0 spiro atoms. The first kappa shape index (κ1) is 15.7. The lowest BCUT2D eigenvalue weighted by atomic mass is 10.2. The van der Waals surface area contributed by atoms with Crippen molar-refractivity contribution in [2.24, 2.45) is 0 Å². The summed E-state index contributed by atoms with van der Waals surface area (Å²) in [5.74, 6) is -0.155. The van der Waals surface area contributed by atoms with Crippen molar-refractivity contribution in [2.45, 2.75) is 12.5 Å². The highest BCUT2D eigenvalue weighted by atomic mass is 79.9. The number of sulfone groups is 1. The molecule has 9 heteroatoms. The predicted molar refractivity (Wildman–Crippen MR) is 80.6 cm³/mol. The van der Waals surface area contributed by atoms with E-state index >= 15 is 0 Å². The summed E-state index contributed by atoms with van der Waals surface area (Å²) in [5.41, 5.74) is 0.505. The van der Waals surface area contributed by atoms with Crippen LogP contribution in [0.15, 0.2) is 16.7 Å². The maximum atomic E-state index is 11.9. The second kappa shape index (κ2) is 6.38. The highest BCUT2D eigenvalue weighted by Crippen LogP contribution is 2.23. The van der Waals surface area contributed by atoms with Gasteiger partial charge in [-0.15, -0.1) is 0 Å². The molecule has 1 aromatic heterocycles. The van der Waals surface area contributed by atoms with E-state index in [4.69, 9.17) is 11.6 Å². The Balaban J connectivity index is 1.93. The third-order valence-corrected chi connectivity index (χ3v) is 5.68. The van der Waals surface area contributed by atoms with E-state index in [-0.39, 0.29) is 29.9 Å². The standard InChI is InChI=1S/C11H13BrClN3O3S/c12-9-3-7(5-15-11(9)13)16-10(17)4-8-6-20(18,19)2-1-14-8/h3,5,8,14H,1-2,4,6H2,(H,16,17). The lowest BCUT2D eigenvalue weighted by Gasteiger charge is -2.23. The molecule has 1 saturated heterocycles. The molecule has 2 rings (SSSR count). The normalized spacial score (nSPS) is 21.4. The molecule has 0 bridgehead atoms. The summed E-state index contributed by atoms with van der Waals surface area (Å²) in [7, 11) is -3.04. The molecule has 2 heterocycles. The van der Waals surface area contributed by atoms with Gasteiger partial charge in [0.05, 0.1) is 27.9 Å². The molecule has 6 nitrogen and oxygen atoms in total. The zero-order chi connectivity index (χ0) is 14.8. The van der Waals surface area contributed by atoms with Gasteiger partial charge in [-0.1, -0.05) is 11.6 Å². The average molecular weight is 383 g/mol. The fourth-order valence-corrected chi connectivity index (χ4v) is 3.82.